The molecule has 2 atom stereocenters. The van der Waals surface area contributed by atoms with Crippen molar-refractivity contribution in [2.75, 3.05) is 0 Å². The summed E-state index contributed by atoms with van der Waals surface area (Å²) in [6.45, 7) is 4.83. The molecule has 1 heterocycles. The maximum Gasteiger partial charge on any atom is 0.0291 e. The van der Waals surface area contributed by atoms with Gasteiger partial charge in [-0.1, -0.05) is 52.0 Å². The average Bonchev–Trinajstić information content (AvgIpc) is 2.31. The van der Waals surface area contributed by atoms with Gasteiger partial charge in [-0.05, 0) is 36.8 Å². The molecule has 16 heavy (non-hydrogen) atoms. The van der Waals surface area contributed by atoms with Crippen LogP contribution in [0.4, 0.5) is 0 Å². The highest BCUT2D eigenvalue weighted by molar-refractivity contribution is 4.95. The lowest BCUT2D eigenvalue weighted by atomic mass is 9.70. The number of hydrogen-bond acceptors (Lipinski definition) is 1. The third kappa shape index (κ3) is 2.81. The summed E-state index contributed by atoms with van der Waals surface area (Å²) in [4.78, 5) is 0. The average molecular weight is 221 g/mol. The summed E-state index contributed by atoms with van der Waals surface area (Å²) in [5.74, 6) is 2.70. The van der Waals surface area contributed by atoms with Gasteiger partial charge in [-0.25, -0.2) is 0 Å². The van der Waals surface area contributed by atoms with Crippen molar-refractivity contribution in [3.05, 3.63) is 12.3 Å². The first-order chi connectivity index (χ1) is 7.79. The second-order valence-corrected chi connectivity index (χ2v) is 5.97. The van der Waals surface area contributed by atoms with Crippen LogP contribution in [0.5, 0.6) is 0 Å². The van der Waals surface area contributed by atoms with Crippen molar-refractivity contribution in [2.24, 2.45) is 17.8 Å². The SMILES string of the molecule is CC(C)C(C1CCCCC1)C1CCC=CN1. The predicted octanol–water partition coefficient (Wildman–Crippen LogP) is 4.10. The fraction of sp³-hybridized carbons (Fsp3) is 0.867. The quantitative estimate of drug-likeness (QED) is 0.756. The summed E-state index contributed by atoms with van der Waals surface area (Å²) < 4.78 is 0. The normalized spacial score (nSPS) is 29.1. The van der Waals surface area contributed by atoms with Gasteiger partial charge in [-0.15, -0.1) is 0 Å². The standard InChI is InChI=1S/C15H27N/c1-12(2)15(13-8-4-3-5-9-13)14-10-6-7-11-16-14/h7,11-16H,3-6,8-10H2,1-2H3. The maximum absolute atomic E-state index is 3.62. The first-order valence-electron chi connectivity index (χ1n) is 7.20. The van der Waals surface area contributed by atoms with Crippen LogP contribution < -0.4 is 5.32 Å². The molecule has 1 saturated carbocycles. The first-order valence-corrected chi connectivity index (χ1v) is 7.20. The topological polar surface area (TPSA) is 12.0 Å². The Bertz CT molecular complexity index is 226. The Morgan fingerprint density at radius 2 is 1.81 bits per heavy atom. The molecule has 0 aromatic heterocycles. The molecule has 2 unspecified atom stereocenters. The highest BCUT2D eigenvalue weighted by atomic mass is 14.9. The van der Waals surface area contributed by atoms with E-state index in [0.717, 1.165) is 23.8 Å². The van der Waals surface area contributed by atoms with Crippen LogP contribution in [0.25, 0.3) is 0 Å². The van der Waals surface area contributed by atoms with Crippen molar-refractivity contribution >= 4 is 0 Å². The Morgan fingerprint density at radius 3 is 2.38 bits per heavy atom. The van der Waals surface area contributed by atoms with Gasteiger partial charge in [-0.2, -0.15) is 0 Å². The second-order valence-electron chi connectivity index (χ2n) is 5.97. The molecule has 1 N–H and O–H groups in total. The van der Waals surface area contributed by atoms with E-state index < -0.39 is 0 Å². The van der Waals surface area contributed by atoms with Gasteiger partial charge in [0.1, 0.15) is 0 Å². The van der Waals surface area contributed by atoms with Crippen molar-refractivity contribution in [3.8, 4) is 0 Å². The van der Waals surface area contributed by atoms with Crippen LogP contribution >= 0.6 is 0 Å². The molecule has 1 aliphatic heterocycles. The fourth-order valence-corrected chi connectivity index (χ4v) is 3.79. The molecule has 0 aromatic carbocycles. The van der Waals surface area contributed by atoms with Crippen molar-refractivity contribution in [3.63, 3.8) is 0 Å². The molecular weight excluding hydrogens is 194 g/mol. The zero-order valence-corrected chi connectivity index (χ0v) is 10.9. The lowest BCUT2D eigenvalue weighted by Crippen LogP contribution is -2.42. The Morgan fingerprint density at radius 1 is 1.06 bits per heavy atom. The molecule has 1 heteroatoms. The molecule has 0 amide bonds. The summed E-state index contributed by atoms with van der Waals surface area (Å²) in [5, 5.41) is 3.62. The van der Waals surface area contributed by atoms with Gasteiger partial charge in [0, 0.05) is 6.04 Å². The van der Waals surface area contributed by atoms with Crippen LogP contribution in [-0.2, 0) is 0 Å². The van der Waals surface area contributed by atoms with E-state index in [4.69, 9.17) is 0 Å². The molecule has 0 radical (unpaired) electrons. The van der Waals surface area contributed by atoms with E-state index in [-0.39, 0.29) is 0 Å². The van der Waals surface area contributed by atoms with Gasteiger partial charge in [-0.3, -0.25) is 0 Å². The molecule has 2 aliphatic rings. The van der Waals surface area contributed by atoms with Crippen LogP contribution in [0, 0.1) is 17.8 Å². The van der Waals surface area contributed by atoms with Crippen molar-refractivity contribution in [1.82, 2.24) is 5.32 Å². The summed E-state index contributed by atoms with van der Waals surface area (Å²) >= 11 is 0. The van der Waals surface area contributed by atoms with Gasteiger partial charge in [0.25, 0.3) is 0 Å². The van der Waals surface area contributed by atoms with E-state index in [1.165, 1.54) is 44.9 Å². The number of hydrogen-bond donors (Lipinski definition) is 1. The van der Waals surface area contributed by atoms with Crippen molar-refractivity contribution in [2.45, 2.75) is 64.8 Å². The molecule has 0 bridgehead atoms. The second kappa shape index (κ2) is 5.75. The summed E-state index contributed by atoms with van der Waals surface area (Å²) in [7, 11) is 0. The zero-order valence-electron chi connectivity index (χ0n) is 10.9. The molecule has 0 saturated heterocycles. The van der Waals surface area contributed by atoms with Gasteiger partial charge >= 0.3 is 0 Å². The largest absolute Gasteiger partial charge is 0.388 e. The Hall–Kier alpha value is -0.460. The van der Waals surface area contributed by atoms with Crippen LogP contribution in [0.15, 0.2) is 12.3 Å². The number of rotatable bonds is 3. The minimum absolute atomic E-state index is 0.744. The van der Waals surface area contributed by atoms with Gasteiger partial charge in [0.05, 0.1) is 0 Å². The summed E-state index contributed by atoms with van der Waals surface area (Å²) in [6.07, 6.45) is 14.4. The van der Waals surface area contributed by atoms with Gasteiger partial charge in [0.15, 0.2) is 0 Å². The molecule has 92 valence electrons. The van der Waals surface area contributed by atoms with Gasteiger partial charge in [0.2, 0.25) is 0 Å². The van der Waals surface area contributed by atoms with Crippen molar-refractivity contribution < 1.29 is 0 Å². The zero-order chi connectivity index (χ0) is 11.4. The summed E-state index contributed by atoms with van der Waals surface area (Å²) in [6, 6.07) is 0.744. The Kier molecular flexibility index (Phi) is 4.31. The molecule has 2 rings (SSSR count). The Balaban J connectivity index is 2.00. The van der Waals surface area contributed by atoms with Crippen LogP contribution in [-0.4, -0.2) is 6.04 Å². The summed E-state index contributed by atoms with van der Waals surface area (Å²) in [5.41, 5.74) is 0. The van der Waals surface area contributed by atoms with E-state index in [0.29, 0.717) is 0 Å². The van der Waals surface area contributed by atoms with E-state index in [9.17, 15) is 0 Å². The third-order valence-corrected chi connectivity index (χ3v) is 4.50. The maximum atomic E-state index is 3.62. The highest BCUT2D eigenvalue weighted by Crippen LogP contribution is 2.37. The molecule has 1 aliphatic carbocycles. The fourth-order valence-electron chi connectivity index (χ4n) is 3.79. The Labute approximate surface area is 101 Å². The van der Waals surface area contributed by atoms with Gasteiger partial charge < -0.3 is 5.32 Å². The van der Waals surface area contributed by atoms with E-state index in [1.807, 2.05) is 0 Å². The van der Waals surface area contributed by atoms with Crippen LogP contribution in [0.1, 0.15) is 58.8 Å². The predicted molar refractivity (Wildman–Crippen MR) is 70.2 cm³/mol. The smallest absolute Gasteiger partial charge is 0.0291 e. The number of nitrogens with one attached hydrogen (secondary N) is 1. The monoisotopic (exact) mass is 221 g/mol. The minimum atomic E-state index is 0.744. The molecule has 0 aromatic rings. The minimum Gasteiger partial charge on any atom is -0.388 e. The number of allylic oxidation sites excluding steroid dienone is 1. The molecular formula is C15H27N. The molecule has 1 nitrogen and oxygen atoms in total. The van der Waals surface area contributed by atoms with E-state index in [1.54, 1.807) is 0 Å². The van der Waals surface area contributed by atoms with Crippen molar-refractivity contribution in [1.29, 1.82) is 0 Å². The first kappa shape index (κ1) is 12.0. The third-order valence-electron chi connectivity index (χ3n) is 4.50. The highest BCUT2D eigenvalue weighted by Gasteiger charge is 2.32. The molecule has 0 spiro atoms. The lowest BCUT2D eigenvalue weighted by molar-refractivity contribution is 0.147. The van der Waals surface area contributed by atoms with Crippen LogP contribution in [0.3, 0.4) is 0 Å². The molecule has 1 fully saturated rings. The lowest BCUT2D eigenvalue weighted by Gasteiger charge is -2.39. The van der Waals surface area contributed by atoms with E-state index in [2.05, 4.69) is 31.4 Å². The van der Waals surface area contributed by atoms with E-state index >= 15 is 0 Å². The van der Waals surface area contributed by atoms with Crippen LogP contribution in [0.2, 0.25) is 0 Å².